The SMILES string of the molecule is CNC(=O)[C@H](Cc1ccccc1)N(Cc1ccc(Br)cc1)C(=O)COc1ccc(C(C)(C)C)cc1Br. The monoisotopic (exact) mass is 614 g/mol. The summed E-state index contributed by atoms with van der Waals surface area (Å²) in [6, 6.07) is 22.6. The Bertz CT molecular complexity index is 1180. The lowest BCUT2D eigenvalue weighted by Gasteiger charge is -2.31. The van der Waals surface area contributed by atoms with Crippen LogP contribution in [0.15, 0.2) is 81.7 Å². The number of nitrogens with zero attached hydrogens (tertiary/aromatic N) is 1. The van der Waals surface area contributed by atoms with E-state index in [-0.39, 0.29) is 30.4 Å². The van der Waals surface area contributed by atoms with Crippen LogP contribution >= 0.6 is 31.9 Å². The van der Waals surface area contributed by atoms with Crippen molar-refractivity contribution >= 4 is 43.7 Å². The molecule has 0 heterocycles. The number of hydrogen-bond donors (Lipinski definition) is 1. The van der Waals surface area contributed by atoms with Crippen molar-refractivity contribution < 1.29 is 14.3 Å². The van der Waals surface area contributed by atoms with Gasteiger partial charge in [-0.1, -0.05) is 85.2 Å². The molecule has 0 aliphatic heterocycles. The maximum absolute atomic E-state index is 13.6. The first kappa shape index (κ1) is 27.9. The van der Waals surface area contributed by atoms with Crippen LogP contribution in [-0.4, -0.2) is 36.4 Å². The van der Waals surface area contributed by atoms with Gasteiger partial charge in [0.2, 0.25) is 5.91 Å². The number of ether oxygens (including phenoxy) is 1. The van der Waals surface area contributed by atoms with Crippen LogP contribution in [0.1, 0.15) is 37.5 Å². The van der Waals surface area contributed by atoms with E-state index >= 15 is 0 Å². The Balaban J connectivity index is 1.86. The first-order valence-corrected chi connectivity index (χ1v) is 13.4. The Labute approximate surface area is 230 Å². The van der Waals surface area contributed by atoms with Gasteiger partial charge in [-0.25, -0.2) is 0 Å². The van der Waals surface area contributed by atoms with Gasteiger partial charge < -0.3 is 15.0 Å². The Kier molecular flexibility index (Phi) is 9.74. The molecule has 3 rings (SSSR count). The molecule has 1 atom stereocenters. The van der Waals surface area contributed by atoms with Gasteiger partial charge in [0.1, 0.15) is 11.8 Å². The molecule has 0 fully saturated rings. The first-order valence-electron chi connectivity index (χ1n) is 11.8. The second kappa shape index (κ2) is 12.5. The van der Waals surface area contributed by atoms with E-state index in [2.05, 4.69) is 57.9 Å². The molecule has 2 amide bonds. The third-order valence-electron chi connectivity index (χ3n) is 5.93. The molecule has 7 heteroatoms. The maximum atomic E-state index is 13.6. The second-order valence-electron chi connectivity index (χ2n) is 9.65. The number of rotatable bonds is 9. The van der Waals surface area contributed by atoms with E-state index in [0.717, 1.165) is 25.6 Å². The molecule has 5 nitrogen and oxygen atoms in total. The Morgan fingerprint density at radius 2 is 1.61 bits per heavy atom. The lowest BCUT2D eigenvalue weighted by molar-refractivity contribution is -0.142. The summed E-state index contributed by atoms with van der Waals surface area (Å²) in [5.74, 6) is 0.0915. The number of hydrogen-bond acceptors (Lipinski definition) is 3. The lowest BCUT2D eigenvalue weighted by Crippen LogP contribution is -2.51. The molecule has 3 aromatic carbocycles. The first-order chi connectivity index (χ1) is 17.1. The fourth-order valence-electron chi connectivity index (χ4n) is 3.81. The summed E-state index contributed by atoms with van der Waals surface area (Å²) in [5, 5.41) is 2.73. The van der Waals surface area contributed by atoms with Crippen molar-refractivity contribution in [2.45, 2.75) is 45.2 Å². The van der Waals surface area contributed by atoms with Crippen molar-refractivity contribution in [1.29, 1.82) is 0 Å². The second-order valence-corrected chi connectivity index (χ2v) is 11.4. The van der Waals surface area contributed by atoms with Crippen LogP contribution in [0.4, 0.5) is 0 Å². The van der Waals surface area contributed by atoms with E-state index in [1.807, 2.05) is 72.8 Å². The highest BCUT2D eigenvalue weighted by atomic mass is 79.9. The van der Waals surface area contributed by atoms with E-state index in [4.69, 9.17) is 4.74 Å². The minimum absolute atomic E-state index is 0.00345. The number of benzene rings is 3. The van der Waals surface area contributed by atoms with Gasteiger partial charge >= 0.3 is 0 Å². The van der Waals surface area contributed by atoms with Crippen LogP contribution in [0.5, 0.6) is 5.75 Å². The van der Waals surface area contributed by atoms with Gasteiger partial charge in [0.05, 0.1) is 4.47 Å². The number of amides is 2. The molecule has 190 valence electrons. The highest BCUT2D eigenvalue weighted by molar-refractivity contribution is 9.10. The molecule has 0 unspecified atom stereocenters. The smallest absolute Gasteiger partial charge is 0.261 e. The van der Waals surface area contributed by atoms with Gasteiger partial charge in [0.25, 0.3) is 5.91 Å². The lowest BCUT2D eigenvalue weighted by atomic mass is 9.87. The fraction of sp³-hybridized carbons (Fsp3) is 0.310. The largest absolute Gasteiger partial charge is 0.483 e. The summed E-state index contributed by atoms with van der Waals surface area (Å²) in [6.07, 6.45) is 0.396. The molecule has 1 N–H and O–H groups in total. The van der Waals surface area contributed by atoms with Crippen molar-refractivity contribution in [2.75, 3.05) is 13.7 Å². The molecule has 0 aliphatic rings. The molecule has 0 aromatic heterocycles. The van der Waals surface area contributed by atoms with Crippen molar-refractivity contribution in [3.8, 4) is 5.75 Å². The number of carbonyl (C=O) groups is 2. The average molecular weight is 616 g/mol. The summed E-state index contributed by atoms with van der Waals surface area (Å²) >= 11 is 7.03. The van der Waals surface area contributed by atoms with Crippen LogP contribution in [0.2, 0.25) is 0 Å². The van der Waals surface area contributed by atoms with E-state index in [9.17, 15) is 9.59 Å². The number of halogens is 2. The minimum Gasteiger partial charge on any atom is -0.483 e. The zero-order valence-corrected chi connectivity index (χ0v) is 24.2. The average Bonchev–Trinajstić information content (AvgIpc) is 2.86. The van der Waals surface area contributed by atoms with E-state index < -0.39 is 6.04 Å². The Morgan fingerprint density at radius 3 is 2.19 bits per heavy atom. The summed E-state index contributed by atoms with van der Waals surface area (Å²) < 4.78 is 7.67. The van der Waals surface area contributed by atoms with E-state index in [0.29, 0.717) is 12.2 Å². The fourth-order valence-corrected chi connectivity index (χ4v) is 4.57. The highest BCUT2D eigenvalue weighted by Crippen LogP contribution is 2.31. The van der Waals surface area contributed by atoms with Gasteiger partial charge in [-0.2, -0.15) is 0 Å². The van der Waals surface area contributed by atoms with Crippen LogP contribution in [-0.2, 0) is 28.0 Å². The zero-order chi connectivity index (χ0) is 26.3. The molecular weight excluding hydrogens is 584 g/mol. The van der Waals surface area contributed by atoms with Crippen molar-refractivity contribution in [3.05, 3.63) is 98.4 Å². The van der Waals surface area contributed by atoms with Crippen molar-refractivity contribution in [2.24, 2.45) is 0 Å². The van der Waals surface area contributed by atoms with Crippen LogP contribution in [0, 0.1) is 0 Å². The van der Waals surface area contributed by atoms with Gasteiger partial charge in [-0.15, -0.1) is 0 Å². The van der Waals surface area contributed by atoms with Gasteiger partial charge in [0.15, 0.2) is 6.61 Å². The summed E-state index contributed by atoms with van der Waals surface area (Å²) in [7, 11) is 1.59. The molecule has 3 aromatic rings. The summed E-state index contributed by atoms with van der Waals surface area (Å²) in [5.41, 5.74) is 3.05. The Hall–Kier alpha value is -2.64. The number of carbonyl (C=O) groups excluding carboxylic acids is 2. The van der Waals surface area contributed by atoms with E-state index in [1.54, 1.807) is 11.9 Å². The molecule has 0 bridgehead atoms. The number of likely N-dealkylation sites (N-methyl/N-ethyl adjacent to an activating group) is 1. The van der Waals surface area contributed by atoms with Crippen LogP contribution in [0.25, 0.3) is 0 Å². The topological polar surface area (TPSA) is 58.6 Å². The molecular formula is C29H32Br2N2O3. The predicted octanol–water partition coefficient (Wildman–Crippen LogP) is 6.27. The van der Waals surface area contributed by atoms with Gasteiger partial charge in [0, 0.05) is 24.5 Å². The van der Waals surface area contributed by atoms with Crippen LogP contribution in [0.3, 0.4) is 0 Å². The maximum Gasteiger partial charge on any atom is 0.261 e. The molecule has 0 spiro atoms. The molecule has 36 heavy (non-hydrogen) atoms. The summed E-state index contributed by atoms with van der Waals surface area (Å²) in [4.78, 5) is 28.2. The van der Waals surface area contributed by atoms with Crippen LogP contribution < -0.4 is 10.1 Å². The van der Waals surface area contributed by atoms with Crippen molar-refractivity contribution in [3.63, 3.8) is 0 Å². The third-order valence-corrected chi connectivity index (χ3v) is 7.08. The normalized spacial score (nSPS) is 12.1. The van der Waals surface area contributed by atoms with Gasteiger partial charge in [-0.3, -0.25) is 9.59 Å². The quantitative estimate of drug-likeness (QED) is 0.308. The molecule has 0 radical (unpaired) electrons. The molecule has 0 aliphatic carbocycles. The van der Waals surface area contributed by atoms with Crippen molar-refractivity contribution in [1.82, 2.24) is 10.2 Å². The zero-order valence-electron chi connectivity index (χ0n) is 21.1. The summed E-state index contributed by atoms with van der Waals surface area (Å²) in [6.45, 7) is 6.52. The standard InChI is InChI=1S/C29H32Br2N2O3/c1-29(2,3)22-12-15-26(24(31)17-22)36-19-27(34)33(18-21-10-13-23(30)14-11-21)25(28(35)32-4)16-20-8-6-5-7-9-20/h5-15,17,25H,16,18-19H2,1-4H3,(H,32,35)/t25-/m0/s1. The van der Waals surface area contributed by atoms with Gasteiger partial charge in [-0.05, 0) is 62.3 Å². The Morgan fingerprint density at radius 1 is 0.944 bits per heavy atom. The van der Waals surface area contributed by atoms with E-state index in [1.165, 1.54) is 0 Å². The third kappa shape index (κ3) is 7.68. The highest BCUT2D eigenvalue weighted by Gasteiger charge is 2.30. The minimum atomic E-state index is -0.691. The molecule has 0 saturated heterocycles. The number of nitrogens with one attached hydrogen (secondary N) is 1. The molecule has 0 saturated carbocycles. The predicted molar refractivity (Wildman–Crippen MR) is 151 cm³/mol.